The molecule has 9 nitrogen and oxygen atoms in total. The maximum atomic E-state index is 13.6. The van der Waals surface area contributed by atoms with E-state index >= 15 is 0 Å². The number of rotatable bonds is 10. The predicted molar refractivity (Wildman–Crippen MR) is 157 cm³/mol. The van der Waals surface area contributed by atoms with E-state index < -0.39 is 23.7 Å². The smallest absolute Gasteiger partial charge is 0.262 e. The van der Waals surface area contributed by atoms with Crippen molar-refractivity contribution < 1.29 is 33.0 Å². The Bertz CT molecular complexity index is 1520. The highest BCUT2D eigenvalue weighted by molar-refractivity contribution is 6.31. The van der Waals surface area contributed by atoms with E-state index in [1.165, 1.54) is 24.1 Å². The quantitative estimate of drug-likeness (QED) is 0.326. The van der Waals surface area contributed by atoms with Crippen LogP contribution in [0.4, 0.5) is 10.1 Å². The second kappa shape index (κ2) is 14.1. The molecule has 3 aromatic rings. The molecule has 0 spiro atoms. The summed E-state index contributed by atoms with van der Waals surface area (Å²) in [5.41, 5.74) is 1.37. The van der Waals surface area contributed by atoms with Gasteiger partial charge in [-0.15, -0.1) is 0 Å². The van der Waals surface area contributed by atoms with Gasteiger partial charge in [-0.25, -0.2) is 4.39 Å². The van der Waals surface area contributed by atoms with Gasteiger partial charge in [0.15, 0.2) is 12.7 Å². The van der Waals surface area contributed by atoms with Gasteiger partial charge in [-0.1, -0.05) is 35.3 Å². The van der Waals surface area contributed by atoms with Crippen molar-refractivity contribution in [3.8, 4) is 17.2 Å². The molecule has 1 heterocycles. The molecule has 3 amide bonds. The SMILES string of the molecule is C/C=C(\CCNC(=O)C1CN(C(=O)c2cccc(OC)c2)c2cc(Cl)ccc2O1)NC(=O)COc1ccc(Cl)c(F)c1. The highest BCUT2D eigenvalue weighted by atomic mass is 35.5. The van der Waals surface area contributed by atoms with Crippen molar-refractivity contribution in [2.75, 3.05) is 31.7 Å². The molecule has 0 saturated heterocycles. The van der Waals surface area contributed by atoms with Crippen molar-refractivity contribution >= 4 is 46.6 Å². The molecule has 1 atom stereocenters. The van der Waals surface area contributed by atoms with Crippen LogP contribution in [0.1, 0.15) is 23.7 Å². The number of ether oxygens (including phenoxy) is 3. The molecule has 1 aliphatic rings. The maximum absolute atomic E-state index is 13.6. The van der Waals surface area contributed by atoms with Crippen LogP contribution in [0, 0.1) is 5.82 Å². The molecular formula is C30H28Cl2FN3O6. The molecule has 12 heteroatoms. The summed E-state index contributed by atoms with van der Waals surface area (Å²) in [5.74, 6) is -0.869. The standard InChI is InChI=1S/C30H28Cl2FN3O6/c1-3-20(35-28(37)17-41-22-8-9-23(32)24(33)15-22)11-12-34-29(38)27-16-36(25-14-19(31)7-10-26(25)42-27)30(39)18-5-4-6-21(13-18)40-2/h3-10,13-15,27H,11-12,16-17H2,1-2H3,(H,34,38)(H,35,37)/b20-3+. The number of nitrogens with zero attached hydrogens (tertiary/aromatic N) is 1. The summed E-state index contributed by atoms with van der Waals surface area (Å²) in [6.07, 6.45) is 0.997. The molecule has 1 unspecified atom stereocenters. The number of methoxy groups -OCH3 is 1. The molecule has 0 aliphatic carbocycles. The van der Waals surface area contributed by atoms with Gasteiger partial charge in [-0.05, 0) is 55.5 Å². The van der Waals surface area contributed by atoms with Crippen LogP contribution < -0.4 is 29.7 Å². The molecular weight excluding hydrogens is 588 g/mol. The maximum Gasteiger partial charge on any atom is 0.262 e. The number of fused-ring (bicyclic) bond motifs is 1. The van der Waals surface area contributed by atoms with Gasteiger partial charge >= 0.3 is 0 Å². The number of anilines is 1. The van der Waals surface area contributed by atoms with Gasteiger partial charge in [0.1, 0.15) is 23.1 Å². The molecule has 3 aromatic carbocycles. The number of hydrogen-bond acceptors (Lipinski definition) is 6. The number of allylic oxidation sites excluding steroid dienone is 1. The van der Waals surface area contributed by atoms with E-state index in [0.717, 1.165) is 6.07 Å². The third-order valence-electron chi connectivity index (χ3n) is 6.29. The lowest BCUT2D eigenvalue weighted by Crippen LogP contribution is -2.51. The molecule has 0 fully saturated rings. The van der Waals surface area contributed by atoms with E-state index in [0.29, 0.717) is 39.9 Å². The molecule has 4 rings (SSSR count). The fourth-order valence-electron chi connectivity index (χ4n) is 4.14. The highest BCUT2D eigenvalue weighted by Crippen LogP contribution is 2.37. The molecule has 0 saturated carbocycles. The van der Waals surface area contributed by atoms with Crippen molar-refractivity contribution in [1.29, 1.82) is 0 Å². The predicted octanol–water partition coefficient (Wildman–Crippen LogP) is 5.15. The first kappa shape index (κ1) is 30.7. The molecule has 42 heavy (non-hydrogen) atoms. The van der Waals surface area contributed by atoms with Crippen LogP contribution in [0.15, 0.2) is 72.4 Å². The van der Waals surface area contributed by atoms with Crippen LogP contribution >= 0.6 is 23.2 Å². The monoisotopic (exact) mass is 615 g/mol. The van der Waals surface area contributed by atoms with Crippen molar-refractivity contribution in [3.05, 3.63) is 93.9 Å². The summed E-state index contributed by atoms with van der Waals surface area (Å²) in [6.45, 7) is 1.52. The lowest BCUT2D eigenvalue weighted by molar-refractivity contribution is -0.127. The first-order valence-corrected chi connectivity index (χ1v) is 13.7. The summed E-state index contributed by atoms with van der Waals surface area (Å²) in [6, 6.07) is 15.4. The second-order valence-corrected chi connectivity index (χ2v) is 9.98. The molecule has 220 valence electrons. The van der Waals surface area contributed by atoms with Gasteiger partial charge in [0.25, 0.3) is 17.7 Å². The Balaban J connectivity index is 1.34. The summed E-state index contributed by atoms with van der Waals surface area (Å²) in [4.78, 5) is 40.4. The Morgan fingerprint density at radius 1 is 1.10 bits per heavy atom. The summed E-state index contributed by atoms with van der Waals surface area (Å²) >= 11 is 11.8. The highest BCUT2D eigenvalue weighted by Gasteiger charge is 2.34. The Hall–Kier alpha value is -4.28. The average molecular weight is 616 g/mol. The van der Waals surface area contributed by atoms with Crippen molar-refractivity contribution in [1.82, 2.24) is 10.6 Å². The van der Waals surface area contributed by atoms with Crippen molar-refractivity contribution in [2.45, 2.75) is 19.4 Å². The van der Waals surface area contributed by atoms with Gasteiger partial charge in [-0.2, -0.15) is 0 Å². The molecule has 0 radical (unpaired) electrons. The van der Waals surface area contributed by atoms with Crippen LogP contribution in [0.25, 0.3) is 0 Å². The largest absolute Gasteiger partial charge is 0.497 e. The van der Waals surface area contributed by atoms with Crippen LogP contribution in [-0.4, -0.2) is 50.6 Å². The number of amides is 3. The van der Waals surface area contributed by atoms with Gasteiger partial charge in [-0.3, -0.25) is 14.4 Å². The fourth-order valence-corrected chi connectivity index (χ4v) is 4.42. The van der Waals surface area contributed by atoms with E-state index in [9.17, 15) is 18.8 Å². The topological polar surface area (TPSA) is 106 Å². The number of carbonyl (C=O) groups is 3. The first-order valence-electron chi connectivity index (χ1n) is 12.9. The Labute approximate surface area is 252 Å². The minimum Gasteiger partial charge on any atom is -0.497 e. The number of hydrogen-bond donors (Lipinski definition) is 2. The Morgan fingerprint density at radius 2 is 1.90 bits per heavy atom. The summed E-state index contributed by atoms with van der Waals surface area (Å²) in [7, 11) is 1.51. The van der Waals surface area contributed by atoms with Crippen LogP contribution in [0.3, 0.4) is 0 Å². The average Bonchev–Trinajstić information content (AvgIpc) is 3.00. The van der Waals surface area contributed by atoms with E-state index in [1.807, 2.05) is 0 Å². The zero-order valence-electron chi connectivity index (χ0n) is 22.8. The van der Waals surface area contributed by atoms with Gasteiger partial charge in [0, 0.05) is 35.3 Å². The summed E-state index contributed by atoms with van der Waals surface area (Å²) in [5, 5.41) is 5.86. The van der Waals surface area contributed by atoms with E-state index in [2.05, 4.69) is 10.6 Å². The summed E-state index contributed by atoms with van der Waals surface area (Å²) < 4.78 is 30.0. The van der Waals surface area contributed by atoms with Crippen LogP contribution in [0.2, 0.25) is 10.0 Å². The number of halogens is 3. The lowest BCUT2D eigenvalue weighted by atomic mass is 10.1. The number of carbonyl (C=O) groups excluding carboxylic acids is 3. The zero-order chi connectivity index (χ0) is 30.2. The van der Waals surface area contributed by atoms with Gasteiger partial charge in [0.2, 0.25) is 0 Å². The minimum atomic E-state index is -0.995. The number of nitrogens with one attached hydrogen (secondary N) is 2. The lowest BCUT2D eigenvalue weighted by Gasteiger charge is -2.34. The normalized spacial score (nSPS) is 14.4. The van der Waals surface area contributed by atoms with Crippen LogP contribution in [0.5, 0.6) is 17.2 Å². The molecule has 2 N–H and O–H groups in total. The molecule has 0 aromatic heterocycles. The van der Waals surface area contributed by atoms with Crippen molar-refractivity contribution in [3.63, 3.8) is 0 Å². The fraction of sp³-hybridized carbons (Fsp3) is 0.233. The van der Waals surface area contributed by atoms with Gasteiger partial charge < -0.3 is 29.7 Å². The Morgan fingerprint density at radius 3 is 2.64 bits per heavy atom. The second-order valence-electron chi connectivity index (χ2n) is 9.13. The molecule has 1 aliphatic heterocycles. The zero-order valence-corrected chi connectivity index (χ0v) is 24.3. The molecule has 0 bridgehead atoms. The minimum absolute atomic E-state index is 0.0477. The van der Waals surface area contributed by atoms with Gasteiger partial charge in [0.05, 0.1) is 24.4 Å². The van der Waals surface area contributed by atoms with E-state index in [-0.39, 0.29) is 36.4 Å². The third kappa shape index (κ3) is 7.71. The Kier molecular flexibility index (Phi) is 10.3. The van der Waals surface area contributed by atoms with E-state index in [1.54, 1.807) is 55.5 Å². The number of benzene rings is 3. The van der Waals surface area contributed by atoms with E-state index in [4.69, 9.17) is 37.4 Å². The first-order chi connectivity index (χ1) is 20.2. The third-order valence-corrected chi connectivity index (χ3v) is 6.83. The van der Waals surface area contributed by atoms with Crippen molar-refractivity contribution in [2.24, 2.45) is 0 Å². The van der Waals surface area contributed by atoms with Crippen LogP contribution in [-0.2, 0) is 9.59 Å².